The number of halogens is 1. The molecule has 4 rings (SSSR count). The van der Waals surface area contributed by atoms with Gasteiger partial charge in [-0.3, -0.25) is 9.59 Å². The summed E-state index contributed by atoms with van der Waals surface area (Å²) in [5, 5.41) is 3.25. The summed E-state index contributed by atoms with van der Waals surface area (Å²) in [6, 6.07) is 5.78. The zero-order valence-corrected chi connectivity index (χ0v) is 19.3. The number of rotatable bonds is 4. The number of esters is 2. The van der Waals surface area contributed by atoms with Crippen LogP contribution in [0.5, 0.6) is 0 Å². The van der Waals surface area contributed by atoms with Gasteiger partial charge in [-0.1, -0.05) is 25.5 Å². The Hall–Kier alpha value is -2.96. The Balaban J connectivity index is 1.77. The molecule has 0 bridgehead atoms. The summed E-state index contributed by atoms with van der Waals surface area (Å²) >= 11 is 0. The minimum atomic E-state index is -0.951. The number of hydrogen-bond acceptors (Lipinski definition) is 6. The van der Waals surface area contributed by atoms with E-state index in [4.69, 9.17) is 9.47 Å². The van der Waals surface area contributed by atoms with Crippen molar-refractivity contribution in [2.75, 3.05) is 7.11 Å². The summed E-state index contributed by atoms with van der Waals surface area (Å²) < 4.78 is 24.5. The Labute approximate surface area is 193 Å². The van der Waals surface area contributed by atoms with E-state index in [1.165, 1.54) is 19.2 Å². The Morgan fingerprint density at radius 1 is 1.09 bits per heavy atom. The van der Waals surface area contributed by atoms with Crippen LogP contribution in [0.4, 0.5) is 4.39 Å². The van der Waals surface area contributed by atoms with Crippen LogP contribution in [0.1, 0.15) is 63.9 Å². The number of hydrogen-bond donors (Lipinski definition) is 1. The second-order valence-electron chi connectivity index (χ2n) is 9.25. The van der Waals surface area contributed by atoms with Crippen LogP contribution in [-0.2, 0) is 23.9 Å². The second kappa shape index (κ2) is 9.49. The van der Waals surface area contributed by atoms with Crippen molar-refractivity contribution in [1.82, 2.24) is 5.32 Å². The van der Waals surface area contributed by atoms with Crippen LogP contribution in [0.2, 0.25) is 0 Å². The number of dihydropyridines is 1. The van der Waals surface area contributed by atoms with Gasteiger partial charge in [0.25, 0.3) is 0 Å². The molecule has 2 aliphatic carbocycles. The van der Waals surface area contributed by atoms with Gasteiger partial charge >= 0.3 is 11.9 Å². The smallest absolute Gasteiger partial charge is 0.337 e. The van der Waals surface area contributed by atoms with E-state index in [2.05, 4.69) is 5.32 Å². The molecule has 176 valence electrons. The number of carbonyl (C=O) groups excluding carboxylic acids is 3. The minimum absolute atomic E-state index is 0.152. The quantitative estimate of drug-likeness (QED) is 0.538. The molecule has 1 aliphatic heterocycles. The lowest BCUT2D eigenvalue weighted by Gasteiger charge is -2.38. The van der Waals surface area contributed by atoms with E-state index in [9.17, 15) is 18.8 Å². The fourth-order valence-corrected chi connectivity index (χ4v) is 5.34. The van der Waals surface area contributed by atoms with E-state index in [0.717, 1.165) is 32.1 Å². The van der Waals surface area contributed by atoms with Crippen molar-refractivity contribution in [3.63, 3.8) is 0 Å². The van der Waals surface area contributed by atoms with Gasteiger partial charge in [-0.15, -0.1) is 0 Å². The average Bonchev–Trinajstić information content (AvgIpc) is 2.79. The van der Waals surface area contributed by atoms with Crippen LogP contribution in [0.3, 0.4) is 0 Å². The predicted octanol–water partition coefficient (Wildman–Crippen LogP) is 4.31. The number of Topliss-reactive ketones (excluding diaryl/α,β-unsaturated/α-hetero) is 1. The van der Waals surface area contributed by atoms with Gasteiger partial charge in [0.2, 0.25) is 0 Å². The SMILES string of the molecule is COC(=O)[C@@H]1C(=O)C2=C(C[C@H]1C)NC(C)=C(C(=O)OC1CCCCC1)[C@@H]2c1ccc(F)cc1. The van der Waals surface area contributed by atoms with E-state index >= 15 is 0 Å². The van der Waals surface area contributed by atoms with E-state index in [-0.39, 0.29) is 17.8 Å². The lowest BCUT2D eigenvalue weighted by atomic mass is 9.69. The highest BCUT2D eigenvalue weighted by Gasteiger charge is 2.47. The van der Waals surface area contributed by atoms with Crippen LogP contribution < -0.4 is 5.32 Å². The van der Waals surface area contributed by atoms with Crippen molar-refractivity contribution < 1.29 is 28.2 Å². The fraction of sp³-hybridized carbons (Fsp3) is 0.500. The number of methoxy groups -OCH3 is 1. The molecule has 0 radical (unpaired) electrons. The maximum absolute atomic E-state index is 13.7. The number of ketones is 1. The van der Waals surface area contributed by atoms with E-state index in [1.807, 2.05) is 6.92 Å². The molecule has 1 aromatic rings. The van der Waals surface area contributed by atoms with Gasteiger partial charge in [0.15, 0.2) is 5.78 Å². The third kappa shape index (κ3) is 4.45. The molecule has 1 heterocycles. The molecule has 0 spiro atoms. The van der Waals surface area contributed by atoms with E-state index < -0.39 is 29.6 Å². The molecule has 1 N–H and O–H groups in total. The van der Waals surface area contributed by atoms with Crippen LogP contribution in [-0.4, -0.2) is 30.9 Å². The van der Waals surface area contributed by atoms with Gasteiger partial charge in [0, 0.05) is 22.9 Å². The molecule has 3 atom stereocenters. The molecule has 6 nitrogen and oxygen atoms in total. The molecule has 1 fully saturated rings. The molecule has 1 aromatic carbocycles. The highest BCUT2D eigenvalue weighted by Crippen LogP contribution is 2.45. The van der Waals surface area contributed by atoms with Crippen LogP contribution in [0.25, 0.3) is 0 Å². The zero-order valence-electron chi connectivity index (χ0n) is 19.3. The normalized spacial score (nSPS) is 25.9. The number of nitrogens with one attached hydrogen (secondary N) is 1. The zero-order chi connectivity index (χ0) is 23.7. The van der Waals surface area contributed by atoms with Gasteiger partial charge in [-0.25, -0.2) is 9.18 Å². The summed E-state index contributed by atoms with van der Waals surface area (Å²) in [7, 11) is 1.26. The van der Waals surface area contributed by atoms with Crippen molar-refractivity contribution in [2.24, 2.45) is 11.8 Å². The summed E-state index contributed by atoms with van der Waals surface area (Å²) in [6.45, 7) is 3.63. The molecular formula is C26H30FNO5. The molecule has 1 saturated carbocycles. The Morgan fingerprint density at radius 2 is 1.76 bits per heavy atom. The summed E-state index contributed by atoms with van der Waals surface area (Å²) in [5.74, 6) is -3.80. The highest BCUT2D eigenvalue weighted by atomic mass is 19.1. The molecule has 0 saturated heterocycles. The van der Waals surface area contributed by atoms with Gasteiger partial charge < -0.3 is 14.8 Å². The van der Waals surface area contributed by atoms with Gasteiger partial charge in [-0.2, -0.15) is 0 Å². The number of benzene rings is 1. The molecule has 0 aromatic heterocycles. The monoisotopic (exact) mass is 455 g/mol. The van der Waals surface area contributed by atoms with E-state index in [0.29, 0.717) is 34.5 Å². The second-order valence-corrected chi connectivity index (χ2v) is 9.25. The highest BCUT2D eigenvalue weighted by molar-refractivity contribution is 6.12. The first kappa shape index (κ1) is 23.2. The molecule has 0 amide bonds. The maximum atomic E-state index is 13.7. The lowest BCUT2D eigenvalue weighted by molar-refractivity contribution is -0.151. The molecule has 3 aliphatic rings. The van der Waals surface area contributed by atoms with Crippen molar-refractivity contribution in [2.45, 2.75) is 64.4 Å². The predicted molar refractivity (Wildman–Crippen MR) is 119 cm³/mol. The average molecular weight is 456 g/mol. The number of carbonyl (C=O) groups is 3. The summed E-state index contributed by atoms with van der Waals surface area (Å²) in [5.41, 5.74) is 2.59. The maximum Gasteiger partial charge on any atom is 0.337 e. The van der Waals surface area contributed by atoms with Crippen molar-refractivity contribution >= 4 is 17.7 Å². The van der Waals surface area contributed by atoms with Gasteiger partial charge in [-0.05, 0) is 62.6 Å². The van der Waals surface area contributed by atoms with Crippen molar-refractivity contribution in [1.29, 1.82) is 0 Å². The largest absolute Gasteiger partial charge is 0.468 e. The molecular weight excluding hydrogens is 425 g/mol. The summed E-state index contributed by atoms with van der Waals surface area (Å²) in [6.07, 6.45) is 5.11. The third-order valence-electron chi connectivity index (χ3n) is 6.99. The standard InChI is InChI=1S/C26H30FNO5/c1-14-13-19-23(24(29)20(14)25(30)32-3)22(16-9-11-17(27)12-10-16)21(15(2)28-19)26(31)33-18-7-5-4-6-8-18/h9-12,14,18,20,22,28H,4-8,13H2,1-3H3/t14-,20+,22+/m1/s1. The molecule has 33 heavy (non-hydrogen) atoms. The fourth-order valence-electron chi connectivity index (χ4n) is 5.34. The Bertz CT molecular complexity index is 1020. The number of allylic oxidation sites excluding steroid dienone is 3. The van der Waals surface area contributed by atoms with E-state index in [1.54, 1.807) is 19.1 Å². The molecule has 0 unspecified atom stereocenters. The van der Waals surface area contributed by atoms with Crippen LogP contribution >= 0.6 is 0 Å². The van der Waals surface area contributed by atoms with Crippen molar-refractivity contribution in [3.8, 4) is 0 Å². The topological polar surface area (TPSA) is 81.7 Å². The lowest BCUT2D eigenvalue weighted by Crippen LogP contribution is -2.43. The first-order valence-corrected chi connectivity index (χ1v) is 11.6. The third-order valence-corrected chi connectivity index (χ3v) is 6.99. The van der Waals surface area contributed by atoms with Crippen molar-refractivity contribution in [3.05, 3.63) is 58.2 Å². The minimum Gasteiger partial charge on any atom is -0.468 e. The Morgan fingerprint density at radius 3 is 2.39 bits per heavy atom. The van der Waals surface area contributed by atoms with Crippen LogP contribution in [0.15, 0.2) is 46.8 Å². The Kier molecular flexibility index (Phi) is 6.68. The summed E-state index contributed by atoms with van der Waals surface area (Å²) in [4.78, 5) is 39.5. The number of ether oxygens (including phenoxy) is 2. The van der Waals surface area contributed by atoms with Crippen LogP contribution in [0, 0.1) is 17.7 Å². The molecule has 7 heteroatoms. The first-order valence-electron chi connectivity index (χ1n) is 11.6. The first-order chi connectivity index (χ1) is 15.8. The van der Waals surface area contributed by atoms with Gasteiger partial charge in [0.1, 0.15) is 17.8 Å². The van der Waals surface area contributed by atoms with Gasteiger partial charge in [0.05, 0.1) is 12.7 Å².